The zero-order chi connectivity index (χ0) is 7.72. The van der Waals surface area contributed by atoms with Crippen molar-refractivity contribution in [2.75, 3.05) is 0 Å². The molecule has 1 aromatic heterocycles. The van der Waals surface area contributed by atoms with E-state index in [0.717, 1.165) is 11.3 Å². The Bertz CT molecular complexity index is 208. The van der Waals surface area contributed by atoms with Crippen LogP contribution in [0.3, 0.4) is 0 Å². The van der Waals surface area contributed by atoms with Gasteiger partial charge in [0.05, 0.1) is 0 Å². The van der Waals surface area contributed by atoms with Gasteiger partial charge in [0.25, 0.3) is 0 Å². The van der Waals surface area contributed by atoms with Crippen LogP contribution in [-0.4, -0.2) is 10.2 Å². The summed E-state index contributed by atoms with van der Waals surface area (Å²) in [5.74, 6) is 0.450. The maximum absolute atomic E-state index is 5.80. The van der Waals surface area contributed by atoms with E-state index in [4.69, 9.17) is 11.6 Å². The second kappa shape index (κ2) is 2.62. The van der Waals surface area contributed by atoms with Crippen molar-refractivity contribution in [3.8, 4) is 0 Å². The Morgan fingerprint density at radius 2 is 2.10 bits per heavy atom. The highest BCUT2D eigenvalue weighted by molar-refractivity contribution is 6.30. The standard InChI is InChI=1S/C7H11ClN2/c1-4(2)6-5(3)9-10-7(6)8/h4H,1-3H3,(H,9,10). The minimum atomic E-state index is 0.450. The Morgan fingerprint density at radius 3 is 2.30 bits per heavy atom. The SMILES string of the molecule is Cc1[nH]nc(Cl)c1C(C)C. The summed E-state index contributed by atoms with van der Waals surface area (Å²) in [6, 6.07) is 0. The topological polar surface area (TPSA) is 28.7 Å². The van der Waals surface area contributed by atoms with Crippen LogP contribution in [0.5, 0.6) is 0 Å². The number of nitrogens with zero attached hydrogens (tertiary/aromatic N) is 1. The number of nitrogens with one attached hydrogen (secondary N) is 1. The van der Waals surface area contributed by atoms with Gasteiger partial charge in [-0.25, -0.2) is 0 Å². The third kappa shape index (κ3) is 1.16. The predicted octanol–water partition coefficient (Wildman–Crippen LogP) is 2.49. The Hall–Kier alpha value is -0.500. The summed E-state index contributed by atoms with van der Waals surface area (Å²) >= 11 is 5.80. The van der Waals surface area contributed by atoms with Crippen molar-refractivity contribution in [2.45, 2.75) is 26.7 Å². The van der Waals surface area contributed by atoms with Crippen molar-refractivity contribution < 1.29 is 0 Å². The quantitative estimate of drug-likeness (QED) is 0.669. The molecule has 0 aliphatic carbocycles. The lowest BCUT2D eigenvalue weighted by Gasteiger charge is -2.01. The summed E-state index contributed by atoms with van der Waals surface area (Å²) in [4.78, 5) is 0. The molecule has 0 unspecified atom stereocenters. The van der Waals surface area contributed by atoms with Gasteiger partial charge >= 0.3 is 0 Å². The summed E-state index contributed by atoms with van der Waals surface area (Å²) in [6.45, 7) is 6.18. The van der Waals surface area contributed by atoms with Gasteiger partial charge in [-0.3, -0.25) is 5.10 Å². The van der Waals surface area contributed by atoms with Crippen LogP contribution < -0.4 is 0 Å². The minimum absolute atomic E-state index is 0.450. The molecule has 10 heavy (non-hydrogen) atoms. The Kier molecular flexibility index (Phi) is 2.00. The molecule has 56 valence electrons. The van der Waals surface area contributed by atoms with Gasteiger partial charge in [0.1, 0.15) is 0 Å². The lowest BCUT2D eigenvalue weighted by molar-refractivity contribution is 0.857. The van der Waals surface area contributed by atoms with E-state index >= 15 is 0 Å². The fraction of sp³-hybridized carbons (Fsp3) is 0.571. The molecule has 0 spiro atoms. The second-order valence-corrected chi connectivity index (χ2v) is 3.07. The van der Waals surface area contributed by atoms with E-state index in [-0.39, 0.29) is 0 Å². The molecule has 0 fully saturated rings. The molecule has 1 N–H and O–H groups in total. The number of aromatic nitrogens is 2. The van der Waals surface area contributed by atoms with E-state index < -0.39 is 0 Å². The summed E-state index contributed by atoms with van der Waals surface area (Å²) < 4.78 is 0. The van der Waals surface area contributed by atoms with Gasteiger partial charge in [0.15, 0.2) is 5.15 Å². The van der Waals surface area contributed by atoms with Gasteiger partial charge in [-0.2, -0.15) is 5.10 Å². The van der Waals surface area contributed by atoms with Gasteiger partial charge in [0.2, 0.25) is 0 Å². The molecular formula is C7H11ClN2. The summed E-state index contributed by atoms with van der Waals surface area (Å²) in [5, 5.41) is 7.32. The van der Waals surface area contributed by atoms with Crippen LogP contribution in [0.4, 0.5) is 0 Å². The molecule has 0 atom stereocenters. The molecule has 0 saturated carbocycles. The highest BCUT2D eigenvalue weighted by Crippen LogP contribution is 2.24. The summed E-state index contributed by atoms with van der Waals surface area (Å²) in [6.07, 6.45) is 0. The number of halogens is 1. The fourth-order valence-corrected chi connectivity index (χ4v) is 1.48. The number of aryl methyl sites for hydroxylation is 1. The van der Waals surface area contributed by atoms with Gasteiger partial charge < -0.3 is 0 Å². The highest BCUT2D eigenvalue weighted by atomic mass is 35.5. The molecule has 0 amide bonds. The number of H-pyrrole nitrogens is 1. The summed E-state index contributed by atoms with van der Waals surface area (Å²) in [5.41, 5.74) is 2.20. The van der Waals surface area contributed by atoms with Gasteiger partial charge in [-0.15, -0.1) is 0 Å². The van der Waals surface area contributed by atoms with Crippen LogP contribution in [0, 0.1) is 6.92 Å². The van der Waals surface area contributed by atoms with E-state index in [1.165, 1.54) is 0 Å². The van der Waals surface area contributed by atoms with E-state index in [0.29, 0.717) is 11.1 Å². The van der Waals surface area contributed by atoms with Crippen LogP contribution in [0.15, 0.2) is 0 Å². The number of hydrogen-bond acceptors (Lipinski definition) is 1. The lowest BCUT2D eigenvalue weighted by Crippen LogP contribution is -1.87. The average Bonchev–Trinajstić information content (AvgIpc) is 2.11. The Labute approximate surface area is 65.6 Å². The first-order chi connectivity index (χ1) is 4.63. The molecule has 0 aromatic carbocycles. The monoisotopic (exact) mass is 158 g/mol. The lowest BCUT2D eigenvalue weighted by atomic mass is 10.1. The maximum Gasteiger partial charge on any atom is 0.154 e. The van der Waals surface area contributed by atoms with Crippen LogP contribution in [0.25, 0.3) is 0 Å². The normalized spacial score (nSPS) is 10.9. The molecule has 1 heterocycles. The van der Waals surface area contributed by atoms with E-state index in [1.54, 1.807) is 0 Å². The molecule has 0 aliphatic rings. The zero-order valence-corrected chi connectivity index (χ0v) is 7.16. The molecule has 0 bridgehead atoms. The first kappa shape index (κ1) is 7.61. The number of rotatable bonds is 1. The molecule has 0 saturated heterocycles. The van der Waals surface area contributed by atoms with Crippen molar-refractivity contribution in [3.63, 3.8) is 0 Å². The van der Waals surface area contributed by atoms with Gasteiger partial charge in [-0.1, -0.05) is 25.4 Å². The Balaban J connectivity index is 3.10. The molecule has 3 heteroatoms. The molecule has 1 rings (SSSR count). The van der Waals surface area contributed by atoms with Crippen LogP contribution in [-0.2, 0) is 0 Å². The molecule has 1 aromatic rings. The predicted molar refractivity (Wildman–Crippen MR) is 42.4 cm³/mol. The van der Waals surface area contributed by atoms with Crippen LogP contribution in [0.2, 0.25) is 5.15 Å². The van der Waals surface area contributed by atoms with E-state index in [2.05, 4.69) is 24.0 Å². The van der Waals surface area contributed by atoms with Crippen molar-refractivity contribution in [1.29, 1.82) is 0 Å². The average molecular weight is 159 g/mol. The molecule has 0 aliphatic heterocycles. The van der Waals surface area contributed by atoms with Gasteiger partial charge in [-0.05, 0) is 12.8 Å². The molecular weight excluding hydrogens is 148 g/mol. The first-order valence-electron chi connectivity index (χ1n) is 3.33. The van der Waals surface area contributed by atoms with Crippen molar-refractivity contribution in [1.82, 2.24) is 10.2 Å². The first-order valence-corrected chi connectivity index (χ1v) is 3.71. The zero-order valence-electron chi connectivity index (χ0n) is 6.40. The Morgan fingerprint density at radius 1 is 1.50 bits per heavy atom. The molecule has 2 nitrogen and oxygen atoms in total. The van der Waals surface area contributed by atoms with E-state index in [1.807, 2.05) is 6.92 Å². The van der Waals surface area contributed by atoms with Crippen molar-refractivity contribution in [2.24, 2.45) is 0 Å². The summed E-state index contributed by atoms with van der Waals surface area (Å²) in [7, 11) is 0. The van der Waals surface area contributed by atoms with Crippen molar-refractivity contribution >= 4 is 11.6 Å². The molecule has 0 radical (unpaired) electrons. The van der Waals surface area contributed by atoms with Crippen LogP contribution >= 0.6 is 11.6 Å². The van der Waals surface area contributed by atoms with E-state index in [9.17, 15) is 0 Å². The van der Waals surface area contributed by atoms with Crippen molar-refractivity contribution in [3.05, 3.63) is 16.4 Å². The fourth-order valence-electron chi connectivity index (χ4n) is 1.08. The maximum atomic E-state index is 5.80. The van der Waals surface area contributed by atoms with Crippen LogP contribution in [0.1, 0.15) is 31.0 Å². The number of hydrogen-bond donors (Lipinski definition) is 1. The smallest absolute Gasteiger partial charge is 0.154 e. The minimum Gasteiger partial charge on any atom is -0.281 e. The highest BCUT2D eigenvalue weighted by Gasteiger charge is 2.10. The largest absolute Gasteiger partial charge is 0.281 e. The third-order valence-corrected chi connectivity index (χ3v) is 1.81. The number of aromatic amines is 1. The second-order valence-electron chi connectivity index (χ2n) is 2.71. The van der Waals surface area contributed by atoms with Gasteiger partial charge in [0, 0.05) is 11.3 Å². The third-order valence-electron chi connectivity index (χ3n) is 1.53.